The third-order valence-electron chi connectivity index (χ3n) is 2.73. The summed E-state index contributed by atoms with van der Waals surface area (Å²) in [5.41, 5.74) is 0. The second kappa shape index (κ2) is 4.84. The Morgan fingerprint density at radius 3 is 2.65 bits per heavy atom. The summed E-state index contributed by atoms with van der Waals surface area (Å²) in [7, 11) is 1.18. The summed E-state index contributed by atoms with van der Waals surface area (Å²) in [6, 6.07) is 0. The van der Waals surface area contributed by atoms with Crippen LogP contribution in [0.15, 0.2) is 0 Å². The van der Waals surface area contributed by atoms with Crippen molar-refractivity contribution in [2.45, 2.75) is 37.0 Å². The van der Waals surface area contributed by atoms with Gasteiger partial charge in [0.15, 0.2) is 6.29 Å². The zero-order chi connectivity index (χ0) is 12.6. The predicted molar refractivity (Wildman–Crippen MR) is 49.5 cm³/mol. The topological polar surface area (TPSA) is 115 Å². The Morgan fingerprint density at radius 1 is 1.41 bits per heavy atom. The van der Waals surface area contributed by atoms with Crippen molar-refractivity contribution in [1.82, 2.24) is 0 Å². The molecule has 0 bridgehead atoms. The lowest BCUT2D eigenvalue weighted by atomic mass is 10.1. The molecule has 8 heteroatoms. The molecule has 8 nitrogen and oxygen atoms in total. The molecule has 2 heterocycles. The number of esters is 1. The molecule has 0 aromatic heterocycles. The van der Waals surface area contributed by atoms with Crippen LogP contribution in [0.5, 0.6) is 0 Å². The number of ether oxygens (including phenoxy) is 4. The van der Waals surface area contributed by atoms with E-state index >= 15 is 0 Å². The Balaban J connectivity index is 1.98. The Morgan fingerprint density at radius 2 is 2.12 bits per heavy atom. The molecule has 2 fully saturated rings. The summed E-state index contributed by atoms with van der Waals surface area (Å²) >= 11 is 0. The van der Waals surface area contributed by atoms with Gasteiger partial charge in [0.2, 0.25) is 0 Å². The van der Waals surface area contributed by atoms with Crippen LogP contribution >= 0.6 is 0 Å². The van der Waals surface area contributed by atoms with E-state index in [9.17, 15) is 15.0 Å². The second-order valence-corrected chi connectivity index (χ2v) is 3.80. The molecule has 2 saturated heterocycles. The Hall–Kier alpha value is -0.770. The van der Waals surface area contributed by atoms with Crippen molar-refractivity contribution in [3.63, 3.8) is 0 Å². The van der Waals surface area contributed by atoms with Gasteiger partial charge in [-0.15, -0.1) is 0 Å². The largest absolute Gasteiger partial charge is 0.465 e. The van der Waals surface area contributed by atoms with Gasteiger partial charge in [-0.1, -0.05) is 0 Å². The van der Waals surface area contributed by atoms with Crippen LogP contribution in [-0.4, -0.2) is 72.0 Å². The first kappa shape index (κ1) is 12.7. The van der Waals surface area contributed by atoms with Crippen LogP contribution in [0, 0.1) is 0 Å². The number of carbonyl (C=O) groups excluding carboxylic acids is 1. The van der Waals surface area contributed by atoms with Crippen molar-refractivity contribution in [2.75, 3.05) is 13.7 Å². The molecule has 98 valence electrons. The standard InChI is InChI=1S/C9H14O8/c1-14-7(13)9-16-6-4(12)5(3(11)2-10)15-8(6)17-9/h3-6,8-12H,2H2,1H3. The summed E-state index contributed by atoms with van der Waals surface area (Å²) in [5.74, 6) is -0.727. The highest BCUT2D eigenvalue weighted by Crippen LogP contribution is 2.33. The first-order chi connectivity index (χ1) is 8.08. The Bertz CT molecular complexity index is 295. The minimum Gasteiger partial charge on any atom is -0.465 e. The van der Waals surface area contributed by atoms with Gasteiger partial charge in [0.25, 0.3) is 6.29 Å². The minimum absolute atomic E-state index is 0.554. The number of aliphatic hydroxyl groups excluding tert-OH is 3. The summed E-state index contributed by atoms with van der Waals surface area (Å²) in [6.45, 7) is -0.554. The van der Waals surface area contributed by atoms with Crippen LogP contribution < -0.4 is 0 Å². The number of fused-ring (bicyclic) bond motifs is 1. The highest BCUT2D eigenvalue weighted by molar-refractivity contribution is 5.73. The van der Waals surface area contributed by atoms with Gasteiger partial charge in [0.1, 0.15) is 24.4 Å². The molecule has 2 aliphatic rings. The van der Waals surface area contributed by atoms with Crippen LogP contribution in [0.3, 0.4) is 0 Å². The number of hydrogen-bond donors (Lipinski definition) is 3. The zero-order valence-corrected chi connectivity index (χ0v) is 9.05. The maximum atomic E-state index is 11.1. The van der Waals surface area contributed by atoms with Gasteiger partial charge in [-0.05, 0) is 0 Å². The molecule has 6 atom stereocenters. The highest BCUT2D eigenvalue weighted by atomic mass is 16.8. The van der Waals surface area contributed by atoms with Crippen LogP contribution in [0.2, 0.25) is 0 Å². The Kier molecular flexibility index (Phi) is 3.61. The van der Waals surface area contributed by atoms with E-state index in [1.165, 1.54) is 7.11 Å². The van der Waals surface area contributed by atoms with Crippen molar-refractivity contribution in [2.24, 2.45) is 0 Å². The molecule has 2 rings (SSSR count). The first-order valence-corrected chi connectivity index (χ1v) is 5.09. The van der Waals surface area contributed by atoms with Crippen molar-refractivity contribution in [1.29, 1.82) is 0 Å². The van der Waals surface area contributed by atoms with E-state index < -0.39 is 49.6 Å². The lowest BCUT2D eigenvalue weighted by molar-refractivity contribution is -0.206. The first-order valence-electron chi connectivity index (χ1n) is 5.09. The van der Waals surface area contributed by atoms with Crippen LogP contribution in [0.4, 0.5) is 0 Å². The number of carbonyl (C=O) groups is 1. The van der Waals surface area contributed by atoms with E-state index in [1.807, 2.05) is 0 Å². The fraction of sp³-hybridized carbons (Fsp3) is 0.889. The third kappa shape index (κ3) is 2.15. The van der Waals surface area contributed by atoms with Gasteiger partial charge < -0.3 is 34.3 Å². The lowest BCUT2D eigenvalue weighted by Gasteiger charge is -2.21. The van der Waals surface area contributed by atoms with Crippen molar-refractivity contribution >= 4 is 5.97 Å². The summed E-state index contributed by atoms with van der Waals surface area (Å²) < 4.78 is 19.7. The molecule has 0 radical (unpaired) electrons. The minimum atomic E-state index is -1.24. The van der Waals surface area contributed by atoms with E-state index in [-0.39, 0.29) is 0 Å². The molecule has 2 aliphatic heterocycles. The monoisotopic (exact) mass is 250 g/mol. The predicted octanol–water partition coefficient (Wildman–Crippen LogP) is -2.66. The van der Waals surface area contributed by atoms with Crippen LogP contribution in [0.1, 0.15) is 0 Å². The van der Waals surface area contributed by atoms with Crippen molar-refractivity contribution in [3.05, 3.63) is 0 Å². The van der Waals surface area contributed by atoms with E-state index in [1.54, 1.807) is 0 Å². The van der Waals surface area contributed by atoms with Crippen LogP contribution in [0.25, 0.3) is 0 Å². The maximum absolute atomic E-state index is 11.1. The van der Waals surface area contributed by atoms with E-state index in [4.69, 9.17) is 19.3 Å². The molecule has 0 saturated carbocycles. The molecule has 0 aliphatic carbocycles. The van der Waals surface area contributed by atoms with Gasteiger partial charge in [0.05, 0.1) is 13.7 Å². The SMILES string of the molecule is COC(=O)C1OC2OC(C(O)CO)C(O)C2O1. The third-order valence-corrected chi connectivity index (χ3v) is 2.73. The molecule has 17 heavy (non-hydrogen) atoms. The van der Waals surface area contributed by atoms with Crippen molar-refractivity contribution in [3.8, 4) is 0 Å². The number of hydrogen-bond acceptors (Lipinski definition) is 8. The zero-order valence-electron chi connectivity index (χ0n) is 9.05. The summed E-state index contributed by atoms with van der Waals surface area (Å²) in [6.07, 6.45) is -6.51. The van der Waals surface area contributed by atoms with Gasteiger partial charge in [-0.2, -0.15) is 0 Å². The fourth-order valence-electron chi connectivity index (χ4n) is 1.84. The molecular formula is C9H14O8. The van der Waals surface area contributed by atoms with Gasteiger partial charge >= 0.3 is 5.97 Å². The highest BCUT2D eigenvalue weighted by Gasteiger charge is 2.55. The number of methoxy groups -OCH3 is 1. The average Bonchev–Trinajstić information content (AvgIpc) is 2.87. The van der Waals surface area contributed by atoms with Crippen LogP contribution in [-0.2, 0) is 23.7 Å². The Labute approximate surface area is 96.6 Å². The van der Waals surface area contributed by atoms with E-state index in [0.717, 1.165) is 0 Å². The van der Waals surface area contributed by atoms with E-state index in [2.05, 4.69) is 4.74 Å². The number of rotatable bonds is 3. The molecule has 0 aromatic rings. The average molecular weight is 250 g/mol. The second-order valence-electron chi connectivity index (χ2n) is 3.80. The maximum Gasteiger partial charge on any atom is 0.363 e. The van der Waals surface area contributed by atoms with Crippen molar-refractivity contribution < 1.29 is 39.1 Å². The van der Waals surface area contributed by atoms with Gasteiger partial charge in [-0.25, -0.2) is 4.79 Å². The normalized spacial score (nSPS) is 42.2. The molecule has 0 spiro atoms. The fourth-order valence-corrected chi connectivity index (χ4v) is 1.84. The smallest absolute Gasteiger partial charge is 0.363 e. The summed E-state index contributed by atoms with van der Waals surface area (Å²) in [5, 5.41) is 27.9. The lowest BCUT2D eigenvalue weighted by Crippen LogP contribution is -2.42. The molecule has 0 amide bonds. The van der Waals surface area contributed by atoms with Gasteiger partial charge in [-0.3, -0.25) is 0 Å². The molecular weight excluding hydrogens is 236 g/mol. The quantitative estimate of drug-likeness (QED) is 0.465. The molecule has 0 aromatic carbocycles. The number of aliphatic hydroxyl groups is 3. The summed E-state index contributed by atoms with van der Waals surface area (Å²) in [4.78, 5) is 11.1. The van der Waals surface area contributed by atoms with Gasteiger partial charge in [0, 0.05) is 0 Å². The van der Waals surface area contributed by atoms with E-state index in [0.29, 0.717) is 0 Å². The molecule has 3 N–H and O–H groups in total. The molecule has 6 unspecified atom stereocenters.